The average molecular weight is 240 g/mol. The van der Waals surface area contributed by atoms with E-state index in [1.807, 2.05) is 24.3 Å². The number of aliphatic hydroxyl groups is 1. The van der Waals surface area contributed by atoms with E-state index in [4.69, 9.17) is 16.7 Å². The minimum Gasteiger partial charge on any atom is -0.396 e. The molecule has 4 heteroatoms. The molecule has 0 radical (unpaired) electrons. The molecule has 2 rings (SSSR count). The lowest BCUT2D eigenvalue weighted by Crippen LogP contribution is -2.25. The number of aliphatic hydroxyl groups excluding tert-OH is 1. The Morgan fingerprint density at radius 2 is 2.19 bits per heavy atom. The van der Waals surface area contributed by atoms with E-state index in [2.05, 4.69) is 0 Å². The summed E-state index contributed by atoms with van der Waals surface area (Å²) in [5.74, 6) is 0.0605. The summed E-state index contributed by atoms with van der Waals surface area (Å²) >= 11 is 5.97. The van der Waals surface area contributed by atoms with Crippen LogP contribution in [-0.4, -0.2) is 29.5 Å². The summed E-state index contributed by atoms with van der Waals surface area (Å²) in [5, 5.41) is 8.87. The fourth-order valence-electron chi connectivity index (χ4n) is 2.00. The molecule has 16 heavy (non-hydrogen) atoms. The zero-order valence-corrected chi connectivity index (χ0v) is 9.65. The standard InChI is InChI=1S/C12H14ClNO2/c13-10-7-12(16)14(8-10)11-4-2-1-3-9(11)5-6-15/h1-4,10,15H,5-8H2. The average Bonchev–Trinajstić information content (AvgIpc) is 2.59. The molecule has 1 N–H and O–H groups in total. The van der Waals surface area contributed by atoms with Crippen molar-refractivity contribution in [2.24, 2.45) is 0 Å². The van der Waals surface area contributed by atoms with Gasteiger partial charge in [-0.25, -0.2) is 0 Å². The van der Waals surface area contributed by atoms with Crippen LogP contribution in [0.4, 0.5) is 5.69 Å². The van der Waals surface area contributed by atoms with Crippen LogP contribution in [0.2, 0.25) is 0 Å². The lowest BCUT2D eigenvalue weighted by molar-refractivity contribution is -0.117. The minimum atomic E-state index is -0.102. The Morgan fingerprint density at radius 3 is 2.81 bits per heavy atom. The van der Waals surface area contributed by atoms with Crippen molar-refractivity contribution in [1.29, 1.82) is 0 Å². The van der Waals surface area contributed by atoms with Gasteiger partial charge in [-0.2, -0.15) is 0 Å². The SMILES string of the molecule is O=C1CC(Cl)CN1c1ccccc1CCO. The fraction of sp³-hybridized carbons (Fsp3) is 0.417. The van der Waals surface area contributed by atoms with E-state index < -0.39 is 0 Å². The van der Waals surface area contributed by atoms with E-state index in [0.717, 1.165) is 11.3 Å². The van der Waals surface area contributed by atoms with Gasteiger partial charge in [-0.3, -0.25) is 4.79 Å². The summed E-state index contributed by atoms with van der Waals surface area (Å²) in [5.41, 5.74) is 1.87. The quantitative estimate of drug-likeness (QED) is 0.814. The molecular weight excluding hydrogens is 226 g/mol. The fourth-order valence-corrected chi connectivity index (χ4v) is 2.27. The van der Waals surface area contributed by atoms with Crippen molar-refractivity contribution >= 4 is 23.2 Å². The maximum atomic E-state index is 11.7. The van der Waals surface area contributed by atoms with Crippen LogP contribution in [0.5, 0.6) is 0 Å². The van der Waals surface area contributed by atoms with Crippen LogP contribution in [-0.2, 0) is 11.2 Å². The third-order valence-corrected chi connectivity index (χ3v) is 3.03. The summed E-state index contributed by atoms with van der Waals surface area (Å²) in [6.07, 6.45) is 0.960. The Bertz CT molecular complexity index is 394. The molecule has 1 fully saturated rings. The predicted octanol–water partition coefficient (Wildman–Crippen LogP) is 1.57. The van der Waals surface area contributed by atoms with Gasteiger partial charge in [-0.05, 0) is 18.1 Å². The van der Waals surface area contributed by atoms with E-state index in [1.165, 1.54) is 0 Å². The maximum Gasteiger partial charge on any atom is 0.228 e. The van der Waals surface area contributed by atoms with Crippen molar-refractivity contribution < 1.29 is 9.90 Å². The van der Waals surface area contributed by atoms with Gasteiger partial charge >= 0.3 is 0 Å². The number of halogens is 1. The van der Waals surface area contributed by atoms with Crippen molar-refractivity contribution in [2.45, 2.75) is 18.2 Å². The number of rotatable bonds is 3. The highest BCUT2D eigenvalue weighted by molar-refractivity contribution is 6.24. The Balaban J connectivity index is 2.29. The summed E-state index contributed by atoms with van der Waals surface area (Å²) in [4.78, 5) is 13.4. The number of para-hydroxylation sites is 1. The Hall–Kier alpha value is -1.06. The number of amides is 1. The number of carbonyl (C=O) groups is 1. The molecular formula is C12H14ClNO2. The highest BCUT2D eigenvalue weighted by Crippen LogP contribution is 2.27. The first kappa shape index (κ1) is 11.4. The molecule has 1 amide bonds. The molecule has 1 aliphatic rings. The Labute approximate surface area is 99.6 Å². The van der Waals surface area contributed by atoms with Gasteiger partial charge in [0.05, 0.1) is 5.38 Å². The molecule has 0 bridgehead atoms. The van der Waals surface area contributed by atoms with Gasteiger partial charge in [0.25, 0.3) is 0 Å². The summed E-state index contributed by atoms with van der Waals surface area (Å²) in [6.45, 7) is 0.645. The van der Waals surface area contributed by atoms with Gasteiger partial charge in [-0.1, -0.05) is 18.2 Å². The number of anilines is 1. The molecule has 1 aromatic rings. The molecule has 0 spiro atoms. The van der Waals surface area contributed by atoms with E-state index in [1.54, 1.807) is 4.90 Å². The van der Waals surface area contributed by atoms with Gasteiger partial charge in [0.2, 0.25) is 5.91 Å². The highest BCUT2D eigenvalue weighted by atomic mass is 35.5. The molecule has 0 saturated carbocycles. The predicted molar refractivity (Wildman–Crippen MR) is 63.8 cm³/mol. The van der Waals surface area contributed by atoms with Crippen molar-refractivity contribution in [2.75, 3.05) is 18.1 Å². The van der Waals surface area contributed by atoms with Gasteiger partial charge in [0.15, 0.2) is 0 Å². The second-order valence-electron chi connectivity index (χ2n) is 3.91. The number of nitrogens with zero attached hydrogens (tertiary/aromatic N) is 1. The van der Waals surface area contributed by atoms with Crippen LogP contribution in [0.3, 0.4) is 0 Å². The second kappa shape index (κ2) is 4.85. The Kier molecular flexibility index (Phi) is 3.46. The van der Waals surface area contributed by atoms with Crippen molar-refractivity contribution in [1.82, 2.24) is 0 Å². The van der Waals surface area contributed by atoms with Crippen molar-refractivity contribution in [3.8, 4) is 0 Å². The Morgan fingerprint density at radius 1 is 1.44 bits per heavy atom. The summed E-state index contributed by atoms with van der Waals surface area (Å²) in [6, 6.07) is 7.64. The minimum absolute atomic E-state index is 0.0605. The molecule has 1 saturated heterocycles. The first-order valence-corrected chi connectivity index (χ1v) is 5.79. The van der Waals surface area contributed by atoms with Gasteiger partial charge in [0.1, 0.15) is 0 Å². The molecule has 86 valence electrons. The molecule has 1 aromatic carbocycles. The maximum absolute atomic E-state index is 11.7. The van der Waals surface area contributed by atoms with Crippen molar-refractivity contribution in [3.63, 3.8) is 0 Å². The molecule has 0 aromatic heterocycles. The van der Waals surface area contributed by atoms with Gasteiger partial charge < -0.3 is 10.0 Å². The number of carbonyl (C=O) groups excluding carboxylic acids is 1. The van der Waals surface area contributed by atoms with E-state index in [-0.39, 0.29) is 17.9 Å². The summed E-state index contributed by atoms with van der Waals surface area (Å²) < 4.78 is 0. The smallest absolute Gasteiger partial charge is 0.228 e. The third-order valence-electron chi connectivity index (χ3n) is 2.74. The third kappa shape index (κ3) is 2.20. The van der Waals surface area contributed by atoms with E-state index >= 15 is 0 Å². The zero-order chi connectivity index (χ0) is 11.5. The second-order valence-corrected chi connectivity index (χ2v) is 4.53. The molecule has 1 heterocycles. The summed E-state index contributed by atoms with van der Waals surface area (Å²) in [7, 11) is 0. The highest BCUT2D eigenvalue weighted by Gasteiger charge is 2.29. The molecule has 3 nitrogen and oxygen atoms in total. The number of hydrogen-bond donors (Lipinski definition) is 1. The molecule has 1 aliphatic heterocycles. The van der Waals surface area contributed by atoms with Crippen molar-refractivity contribution in [3.05, 3.63) is 29.8 Å². The first-order valence-electron chi connectivity index (χ1n) is 5.35. The van der Waals surface area contributed by atoms with Crippen LogP contribution in [0.25, 0.3) is 0 Å². The molecule has 1 unspecified atom stereocenters. The lowest BCUT2D eigenvalue weighted by atomic mass is 10.1. The monoisotopic (exact) mass is 239 g/mol. The largest absolute Gasteiger partial charge is 0.396 e. The van der Waals surface area contributed by atoms with Crippen LogP contribution in [0.1, 0.15) is 12.0 Å². The topological polar surface area (TPSA) is 40.5 Å². The number of benzene rings is 1. The lowest BCUT2D eigenvalue weighted by Gasteiger charge is -2.19. The van der Waals surface area contributed by atoms with Crippen LogP contribution < -0.4 is 4.90 Å². The van der Waals surface area contributed by atoms with Gasteiger partial charge in [0, 0.05) is 25.3 Å². The van der Waals surface area contributed by atoms with Gasteiger partial charge in [-0.15, -0.1) is 11.6 Å². The molecule has 0 aliphatic carbocycles. The van der Waals surface area contributed by atoms with Crippen LogP contribution >= 0.6 is 11.6 Å². The zero-order valence-electron chi connectivity index (χ0n) is 8.90. The van der Waals surface area contributed by atoms with Crippen LogP contribution in [0.15, 0.2) is 24.3 Å². The molecule has 1 atom stereocenters. The van der Waals surface area contributed by atoms with E-state index in [0.29, 0.717) is 19.4 Å². The van der Waals surface area contributed by atoms with Crippen LogP contribution in [0, 0.1) is 0 Å². The van der Waals surface area contributed by atoms with E-state index in [9.17, 15) is 4.79 Å². The number of alkyl halides is 1. The first-order chi connectivity index (χ1) is 7.72. The normalized spacial score (nSPS) is 20.5. The number of hydrogen-bond acceptors (Lipinski definition) is 2.